The Bertz CT molecular complexity index is 805. The van der Waals surface area contributed by atoms with Crippen molar-refractivity contribution in [1.82, 2.24) is 15.2 Å². The Balaban J connectivity index is 1.76. The van der Waals surface area contributed by atoms with Crippen LogP contribution in [0.4, 0.5) is 0 Å². The largest absolute Gasteiger partial charge is 0.384 e. The van der Waals surface area contributed by atoms with Crippen LogP contribution < -0.4 is 11.1 Å². The van der Waals surface area contributed by atoms with Crippen LogP contribution in [0.2, 0.25) is 0 Å². The highest BCUT2D eigenvalue weighted by Gasteiger charge is 2.30. The van der Waals surface area contributed by atoms with Gasteiger partial charge in [-0.25, -0.2) is 0 Å². The van der Waals surface area contributed by atoms with Gasteiger partial charge in [-0.2, -0.15) is 0 Å². The smallest absolute Gasteiger partial charge is 0.0640 e. The molecule has 0 radical (unpaired) electrons. The maximum Gasteiger partial charge on any atom is 0.0640 e. The fourth-order valence-corrected chi connectivity index (χ4v) is 5.12. The lowest BCUT2D eigenvalue weighted by Gasteiger charge is -2.41. The monoisotopic (exact) mass is 501 g/mol. The molecule has 1 saturated heterocycles. The summed E-state index contributed by atoms with van der Waals surface area (Å²) in [5, 5.41) is 3.54. The van der Waals surface area contributed by atoms with Gasteiger partial charge in [0.05, 0.1) is 5.70 Å². The number of likely N-dealkylation sites (tertiary alicyclic amines) is 1. The number of pyridine rings is 1. The predicted molar refractivity (Wildman–Crippen MR) is 139 cm³/mol. The molecule has 0 bridgehead atoms. The van der Waals surface area contributed by atoms with E-state index in [4.69, 9.17) is 10.7 Å². The minimum atomic E-state index is 0.437. The quantitative estimate of drug-likeness (QED) is 0.468. The van der Waals surface area contributed by atoms with Crippen LogP contribution in [0.25, 0.3) is 0 Å². The van der Waals surface area contributed by atoms with Crippen LogP contribution in [0, 0.1) is 11.8 Å². The highest BCUT2D eigenvalue weighted by atomic mass is 79.9. The number of halogens is 1. The predicted octanol–water partition coefficient (Wildman–Crippen LogP) is 5.39. The number of rotatable bonds is 8. The number of aromatic nitrogens is 1. The summed E-state index contributed by atoms with van der Waals surface area (Å²) < 4.78 is 1.01. The van der Waals surface area contributed by atoms with Crippen molar-refractivity contribution in [2.45, 2.75) is 71.9 Å². The van der Waals surface area contributed by atoms with Crippen LogP contribution in [-0.4, -0.2) is 41.3 Å². The van der Waals surface area contributed by atoms with Crippen molar-refractivity contribution < 1.29 is 0 Å². The topological polar surface area (TPSA) is 66.5 Å². The molecule has 3 N–H and O–H groups in total. The minimum Gasteiger partial charge on any atom is -0.384 e. The molecule has 2 aliphatic rings. The molecule has 32 heavy (non-hydrogen) atoms. The van der Waals surface area contributed by atoms with Crippen molar-refractivity contribution in [3.63, 3.8) is 0 Å². The molecule has 1 atom stereocenters. The van der Waals surface area contributed by atoms with Crippen LogP contribution in [0.3, 0.4) is 0 Å². The third-order valence-electron chi connectivity index (χ3n) is 6.89. The number of allylic oxidation sites excluding steroid dienone is 3. The molecule has 1 unspecified atom stereocenters. The zero-order valence-corrected chi connectivity index (χ0v) is 21.6. The van der Waals surface area contributed by atoms with Crippen LogP contribution in [0.15, 0.2) is 51.5 Å². The summed E-state index contributed by atoms with van der Waals surface area (Å²) in [6.07, 6.45) is 13.8. The van der Waals surface area contributed by atoms with Crippen molar-refractivity contribution in [1.29, 1.82) is 0 Å². The molecular weight excluding hydrogens is 462 g/mol. The Hall–Kier alpha value is -1.50. The Morgan fingerprint density at radius 3 is 2.72 bits per heavy atom. The highest BCUT2D eigenvalue weighted by Crippen LogP contribution is 2.31. The number of nitrogens with zero attached hydrogens (tertiary/aromatic N) is 3. The van der Waals surface area contributed by atoms with E-state index in [1.165, 1.54) is 50.6 Å². The lowest BCUT2D eigenvalue weighted by molar-refractivity contribution is 0.105. The lowest BCUT2D eigenvalue weighted by Crippen LogP contribution is -2.45. The fourth-order valence-electron chi connectivity index (χ4n) is 4.86. The van der Waals surface area contributed by atoms with E-state index in [-0.39, 0.29) is 0 Å². The van der Waals surface area contributed by atoms with Gasteiger partial charge in [0.2, 0.25) is 0 Å². The summed E-state index contributed by atoms with van der Waals surface area (Å²) in [6, 6.07) is 4.81. The first-order valence-electron chi connectivity index (χ1n) is 12.1. The SMILES string of the molecule is C/C(Br)=C(CN)/N=C(\C=C(/C)NCc1cccnc1)C1CCCN(C2CCC(C)CC2)C1. The summed E-state index contributed by atoms with van der Waals surface area (Å²) in [5.41, 5.74) is 10.4. The van der Waals surface area contributed by atoms with Crippen molar-refractivity contribution in [2.75, 3.05) is 19.6 Å². The van der Waals surface area contributed by atoms with Crippen molar-refractivity contribution in [2.24, 2.45) is 22.6 Å². The van der Waals surface area contributed by atoms with Crippen LogP contribution in [-0.2, 0) is 6.54 Å². The summed E-state index contributed by atoms with van der Waals surface area (Å²) in [6.45, 7) is 10.1. The molecule has 0 amide bonds. The van der Waals surface area contributed by atoms with Gasteiger partial charge < -0.3 is 11.1 Å². The molecule has 176 valence electrons. The van der Waals surface area contributed by atoms with Gasteiger partial charge >= 0.3 is 0 Å². The highest BCUT2D eigenvalue weighted by molar-refractivity contribution is 9.11. The molecular formula is C26H40BrN5. The number of nitrogens with two attached hydrogens (primary N) is 1. The van der Waals surface area contributed by atoms with Crippen molar-refractivity contribution >= 4 is 21.6 Å². The second-order valence-electron chi connectivity index (χ2n) is 9.51. The molecule has 1 aromatic heterocycles. The standard InChI is InChI=1S/C26H40BrN5/c1-19-8-10-24(11-9-19)32-13-5-7-23(18-32)25(31-26(15-28)21(3)27)14-20(2)30-17-22-6-4-12-29-16-22/h4,6,12,14,16,19,23-24,30H,5,7-11,13,15,17-18,28H2,1-3H3/b20-14+,26-21-,31-25+. The zero-order chi connectivity index (χ0) is 22.9. The van der Waals surface area contributed by atoms with E-state index in [2.05, 4.69) is 57.1 Å². The molecule has 2 fully saturated rings. The van der Waals surface area contributed by atoms with E-state index in [9.17, 15) is 0 Å². The Morgan fingerprint density at radius 1 is 1.28 bits per heavy atom. The van der Waals surface area contributed by atoms with Gasteiger partial charge in [-0.3, -0.25) is 14.9 Å². The van der Waals surface area contributed by atoms with Crippen molar-refractivity contribution in [3.05, 3.63) is 52.0 Å². The van der Waals surface area contributed by atoms with Crippen LogP contribution >= 0.6 is 15.9 Å². The van der Waals surface area contributed by atoms with Gasteiger partial charge in [-0.05, 0) is 82.5 Å². The van der Waals surface area contributed by atoms with Gasteiger partial charge in [-0.15, -0.1) is 0 Å². The molecule has 2 heterocycles. The molecule has 3 rings (SSSR count). The normalized spacial score (nSPS) is 26.6. The second kappa shape index (κ2) is 12.7. The number of hydrogen-bond acceptors (Lipinski definition) is 5. The lowest BCUT2D eigenvalue weighted by atomic mass is 9.84. The minimum absolute atomic E-state index is 0.437. The molecule has 1 aliphatic carbocycles. The average Bonchev–Trinajstić information content (AvgIpc) is 2.81. The molecule has 0 aromatic carbocycles. The van der Waals surface area contributed by atoms with Gasteiger partial charge in [0.15, 0.2) is 0 Å². The Labute approximate surface area is 202 Å². The van der Waals surface area contributed by atoms with Gasteiger partial charge in [-0.1, -0.05) is 28.9 Å². The summed E-state index contributed by atoms with van der Waals surface area (Å²) in [4.78, 5) is 12.0. The fraction of sp³-hybridized carbons (Fsp3) is 0.615. The maximum absolute atomic E-state index is 6.03. The second-order valence-corrected chi connectivity index (χ2v) is 10.7. The van der Waals surface area contributed by atoms with E-state index in [0.717, 1.165) is 46.6 Å². The van der Waals surface area contributed by atoms with E-state index in [1.807, 2.05) is 25.4 Å². The first kappa shape index (κ1) is 25.1. The van der Waals surface area contributed by atoms with E-state index < -0.39 is 0 Å². The molecule has 0 spiro atoms. The van der Waals surface area contributed by atoms with Crippen LogP contribution in [0.5, 0.6) is 0 Å². The first-order chi connectivity index (χ1) is 15.5. The molecule has 1 saturated carbocycles. The maximum atomic E-state index is 6.03. The summed E-state index contributed by atoms with van der Waals surface area (Å²) >= 11 is 3.60. The van der Waals surface area contributed by atoms with E-state index in [0.29, 0.717) is 12.5 Å². The average molecular weight is 503 g/mol. The number of nitrogens with one attached hydrogen (secondary N) is 1. The van der Waals surface area contributed by atoms with E-state index in [1.54, 1.807) is 0 Å². The van der Waals surface area contributed by atoms with Crippen LogP contribution in [0.1, 0.15) is 64.9 Å². The number of piperidine rings is 1. The number of aliphatic imine (C=N–C) groups is 1. The Kier molecular flexibility index (Phi) is 9.94. The summed E-state index contributed by atoms with van der Waals surface area (Å²) in [5.74, 6) is 1.33. The number of hydrogen-bond donors (Lipinski definition) is 2. The van der Waals surface area contributed by atoms with E-state index >= 15 is 0 Å². The third-order valence-corrected chi connectivity index (χ3v) is 7.34. The van der Waals surface area contributed by atoms with Gasteiger partial charge in [0.1, 0.15) is 0 Å². The molecule has 5 nitrogen and oxygen atoms in total. The molecule has 6 heteroatoms. The first-order valence-corrected chi connectivity index (χ1v) is 12.9. The molecule has 1 aliphatic heterocycles. The Morgan fingerprint density at radius 2 is 2.06 bits per heavy atom. The zero-order valence-electron chi connectivity index (χ0n) is 20.0. The third kappa shape index (κ3) is 7.53. The van der Waals surface area contributed by atoms with Crippen molar-refractivity contribution in [3.8, 4) is 0 Å². The van der Waals surface area contributed by atoms with Gasteiger partial charge in [0, 0.05) is 59.9 Å². The molecule has 1 aromatic rings. The summed E-state index contributed by atoms with van der Waals surface area (Å²) in [7, 11) is 0. The van der Waals surface area contributed by atoms with Gasteiger partial charge in [0.25, 0.3) is 0 Å².